The number of rotatable bonds is 4. The quantitative estimate of drug-likeness (QED) is 0.924. The molecule has 24 heavy (non-hydrogen) atoms. The van der Waals surface area contributed by atoms with Gasteiger partial charge in [-0.1, -0.05) is 12.1 Å². The smallest absolute Gasteiger partial charge is 0.335 e. The Morgan fingerprint density at radius 1 is 1.50 bits per heavy atom. The Labute approximate surface area is 145 Å². The molecule has 0 saturated heterocycles. The third-order valence-electron chi connectivity index (χ3n) is 4.32. The highest BCUT2D eigenvalue weighted by atomic mass is 32.1. The molecule has 0 aliphatic carbocycles. The Balaban J connectivity index is 1.75. The predicted octanol–water partition coefficient (Wildman–Crippen LogP) is 3.20. The van der Waals surface area contributed by atoms with Gasteiger partial charge in [0.05, 0.1) is 11.6 Å². The first-order valence-electron chi connectivity index (χ1n) is 7.83. The number of fused-ring (bicyclic) bond motifs is 1. The average molecular weight is 341 g/mol. The van der Waals surface area contributed by atoms with Gasteiger partial charge >= 0.3 is 5.97 Å². The largest absolute Gasteiger partial charge is 0.478 e. The number of benzene rings is 1. The number of hydrogen-bond acceptors (Lipinski definition) is 5. The number of carboxylic acid groups (broad SMARTS) is 1. The van der Waals surface area contributed by atoms with E-state index in [2.05, 4.69) is 16.0 Å². The van der Waals surface area contributed by atoms with Gasteiger partial charge in [0.15, 0.2) is 0 Å². The monoisotopic (exact) mass is 341 g/mol. The van der Waals surface area contributed by atoms with Crippen molar-refractivity contribution in [1.82, 2.24) is 9.88 Å². The fourth-order valence-electron chi connectivity index (χ4n) is 2.94. The average Bonchev–Trinajstić information content (AvgIpc) is 3.03. The zero-order chi connectivity index (χ0) is 17.3. The molecule has 1 aromatic heterocycles. The van der Waals surface area contributed by atoms with Gasteiger partial charge in [0, 0.05) is 30.7 Å². The molecular weight excluding hydrogens is 322 g/mol. The van der Waals surface area contributed by atoms with Crippen molar-refractivity contribution in [2.45, 2.75) is 38.8 Å². The van der Waals surface area contributed by atoms with Gasteiger partial charge in [-0.25, -0.2) is 9.78 Å². The van der Waals surface area contributed by atoms with E-state index in [0.29, 0.717) is 5.56 Å². The lowest BCUT2D eigenvalue weighted by Crippen LogP contribution is -2.30. The standard InChI is InChI=1S/C18H19N3O2S/c1-18(2,11-19)17-20-8-13(24-17)10-21-7-6-14-12(9-21)4-3-5-15(14)16(22)23/h3-5,8H,6-7,9-10H2,1-2H3,(H,22,23). The van der Waals surface area contributed by atoms with Gasteiger partial charge in [-0.3, -0.25) is 4.90 Å². The van der Waals surface area contributed by atoms with Crippen LogP contribution >= 0.6 is 11.3 Å². The maximum Gasteiger partial charge on any atom is 0.335 e. The lowest BCUT2D eigenvalue weighted by molar-refractivity contribution is 0.0694. The van der Waals surface area contributed by atoms with E-state index in [1.165, 1.54) is 0 Å². The highest BCUT2D eigenvalue weighted by molar-refractivity contribution is 7.11. The molecule has 6 heteroatoms. The molecule has 0 bridgehead atoms. The molecular formula is C18H19N3O2S. The minimum Gasteiger partial charge on any atom is -0.478 e. The topological polar surface area (TPSA) is 77.2 Å². The third-order valence-corrected chi connectivity index (χ3v) is 5.63. The van der Waals surface area contributed by atoms with Crippen LogP contribution in [-0.4, -0.2) is 27.5 Å². The van der Waals surface area contributed by atoms with E-state index in [1.54, 1.807) is 17.4 Å². The third kappa shape index (κ3) is 3.18. The Morgan fingerprint density at radius 2 is 2.29 bits per heavy atom. The summed E-state index contributed by atoms with van der Waals surface area (Å²) in [7, 11) is 0. The van der Waals surface area contributed by atoms with Crippen LogP contribution in [-0.2, 0) is 24.9 Å². The molecule has 0 spiro atoms. The van der Waals surface area contributed by atoms with Gasteiger partial charge in [0.25, 0.3) is 0 Å². The summed E-state index contributed by atoms with van der Waals surface area (Å²) in [6, 6.07) is 7.78. The maximum absolute atomic E-state index is 11.3. The SMILES string of the molecule is CC(C)(C#N)c1ncc(CN2CCc3c(cccc3C(=O)O)C2)s1. The highest BCUT2D eigenvalue weighted by Crippen LogP contribution is 2.29. The van der Waals surface area contributed by atoms with Crippen LogP contribution in [0.1, 0.15) is 45.2 Å². The second-order valence-electron chi connectivity index (χ2n) is 6.58. The molecule has 1 aliphatic heterocycles. The van der Waals surface area contributed by atoms with Crippen LogP contribution in [0, 0.1) is 11.3 Å². The summed E-state index contributed by atoms with van der Waals surface area (Å²) >= 11 is 1.58. The second-order valence-corrected chi connectivity index (χ2v) is 7.69. The van der Waals surface area contributed by atoms with E-state index in [0.717, 1.165) is 47.1 Å². The second kappa shape index (κ2) is 6.34. The summed E-state index contributed by atoms with van der Waals surface area (Å²) in [5.41, 5.74) is 1.90. The molecule has 0 unspecified atom stereocenters. The number of nitriles is 1. The van der Waals surface area contributed by atoms with Crippen LogP contribution < -0.4 is 0 Å². The van der Waals surface area contributed by atoms with E-state index in [1.807, 2.05) is 32.2 Å². The fraction of sp³-hybridized carbons (Fsp3) is 0.389. The van der Waals surface area contributed by atoms with Gasteiger partial charge < -0.3 is 5.11 Å². The minimum atomic E-state index is -0.855. The first kappa shape index (κ1) is 16.6. The molecule has 1 N–H and O–H groups in total. The van der Waals surface area contributed by atoms with E-state index < -0.39 is 11.4 Å². The molecule has 5 nitrogen and oxygen atoms in total. The van der Waals surface area contributed by atoms with E-state index in [-0.39, 0.29) is 0 Å². The Morgan fingerprint density at radius 3 is 3.00 bits per heavy atom. The van der Waals surface area contributed by atoms with Gasteiger partial charge in [-0.15, -0.1) is 11.3 Å². The summed E-state index contributed by atoms with van der Waals surface area (Å²) in [6.45, 7) is 6.09. The molecule has 0 atom stereocenters. The molecule has 0 amide bonds. The van der Waals surface area contributed by atoms with Crippen LogP contribution in [0.2, 0.25) is 0 Å². The predicted molar refractivity (Wildman–Crippen MR) is 92.0 cm³/mol. The zero-order valence-corrected chi connectivity index (χ0v) is 14.6. The molecule has 1 aliphatic rings. The van der Waals surface area contributed by atoms with Crippen molar-refractivity contribution >= 4 is 17.3 Å². The number of carboxylic acids is 1. The molecule has 2 aromatic rings. The van der Waals surface area contributed by atoms with E-state index in [4.69, 9.17) is 0 Å². The van der Waals surface area contributed by atoms with Gasteiger partial charge in [0.2, 0.25) is 0 Å². The van der Waals surface area contributed by atoms with Crippen molar-refractivity contribution in [3.05, 3.63) is 51.0 Å². The van der Waals surface area contributed by atoms with Crippen molar-refractivity contribution in [2.24, 2.45) is 0 Å². The number of aromatic carboxylic acids is 1. The van der Waals surface area contributed by atoms with Gasteiger partial charge in [-0.2, -0.15) is 5.26 Å². The summed E-state index contributed by atoms with van der Waals surface area (Å²) in [5.74, 6) is -0.855. The van der Waals surface area contributed by atoms with Crippen LogP contribution in [0.4, 0.5) is 0 Å². The minimum absolute atomic E-state index is 0.419. The lowest BCUT2D eigenvalue weighted by atomic mass is 9.94. The first-order valence-corrected chi connectivity index (χ1v) is 8.65. The Hall–Kier alpha value is -2.23. The van der Waals surface area contributed by atoms with Crippen LogP contribution in [0.15, 0.2) is 24.4 Å². The van der Waals surface area contributed by atoms with Crippen LogP contribution in [0.3, 0.4) is 0 Å². The fourth-order valence-corrected chi connectivity index (χ4v) is 3.95. The number of thiazole rings is 1. The summed E-state index contributed by atoms with van der Waals surface area (Å²) in [5, 5.41) is 19.4. The molecule has 2 heterocycles. The number of nitrogens with zero attached hydrogens (tertiary/aromatic N) is 3. The molecule has 0 saturated carbocycles. The summed E-state index contributed by atoms with van der Waals surface area (Å²) in [4.78, 5) is 19.1. The van der Waals surface area contributed by atoms with Crippen LogP contribution in [0.25, 0.3) is 0 Å². The number of carbonyl (C=O) groups is 1. The van der Waals surface area contributed by atoms with Crippen molar-refractivity contribution in [1.29, 1.82) is 5.26 Å². The van der Waals surface area contributed by atoms with Crippen molar-refractivity contribution < 1.29 is 9.90 Å². The van der Waals surface area contributed by atoms with Gasteiger partial charge in [-0.05, 0) is 37.5 Å². The zero-order valence-electron chi connectivity index (χ0n) is 13.7. The van der Waals surface area contributed by atoms with Crippen molar-refractivity contribution in [3.63, 3.8) is 0 Å². The van der Waals surface area contributed by atoms with Crippen molar-refractivity contribution in [3.8, 4) is 6.07 Å². The van der Waals surface area contributed by atoms with Crippen molar-refractivity contribution in [2.75, 3.05) is 6.54 Å². The lowest BCUT2D eigenvalue weighted by Gasteiger charge is -2.29. The van der Waals surface area contributed by atoms with E-state index in [9.17, 15) is 15.2 Å². The molecule has 0 radical (unpaired) electrons. The van der Waals surface area contributed by atoms with Crippen LogP contribution in [0.5, 0.6) is 0 Å². The summed E-state index contributed by atoms with van der Waals surface area (Å²) < 4.78 is 0. The Bertz CT molecular complexity index is 820. The molecule has 0 fully saturated rings. The highest BCUT2D eigenvalue weighted by Gasteiger charge is 2.25. The number of aromatic nitrogens is 1. The normalized spacial score (nSPS) is 14.9. The first-order chi connectivity index (χ1) is 11.4. The summed E-state index contributed by atoms with van der Waals surface area (Å²) in [6.07, 6.45) is 2.59. The maximum atomic E-state index is 11.3. The molecule has 3 rings (SSSR count). The Kier molecular flexibility index (Phi) is 4.39. The molecule has 124 valence electrons. The molecule has 1 aromatic carbocycles. The van der Waals surface area contributed by atoms with E-state index >= 15 is 0 Å². The van der Waals surface area contributed by atoms with Gasteiger partial charge in [0.1, 0.15) is 10.4 Å². The number of hydrogen-bond donors (Lipinski definition) is 1.